The predicted molar refractivity (Wildman–Crippen MR) is 111 cm³/mol. The summed E-state index contributed by atoms with van der Waals surface area (Å²) < 4.78 is 11.3. The molecule has 0 radical (unpaired) electrons. The fourth-order valence-electron chi connectivity index (χ4n) is 2.65. The Kier molecular flexibility index (Phi) is 6.97. The van der Waals surface area contributed by atoms with Gasteiger partial charge in [0.25, 0.3) is 5.91 Å². The van der Waals surface area contributed by atoms with E-state index in [1.54, 1.807) is 31.3 Å². The third kappa shape index (κ3) is 5.29. The molecule has 0 aromatic heterocycles. The lowest BCUT2D eigenvalue weighted by molar-refractivity contribution is 0.0954. The average Bonchev–Trinajstić information content (AvgIpc) is 2.95. The molecule has 1 aliphatic rings. The quantitative estimate of drug-likeness (QED) is 0.407. The molecule has 148 valence electrons. The van der Waals surface area contributed by atoms with E-state index in [1.807, 2.05) is 18.2 Å². The summed E-state index contributed by atoms with van der Waals surface area (Å²) in [4.78, 5) is 16.3. The molecule has 7 nitrogen and oxygen atoms in total. The van der Waals surface area contributed by atoms with Crippen molar-refractivity contribution in [2.45, 2.75) is 6.42 Å². The van der Waals surface area contributed by atoms with Crippen LogP contribution in [0.4, 0.5) is 5.69 Å². The second-order valence-corrected chi connectivity index (χ2v) is 6.48. The van der Waals surface area contributed by atoms with Gasteiger partial charge < -0.3 is 25.4 Å². The SMILES string of the molecule is CN=C(NCCNC(=O)c1ccccc1Cl)Nc1ccc2c(c1)OCCCO2. The second-order valence-electron chi connectivity index (χ2n) is 6.07. The molecule has 0 spiro atoms. The molecule has 2 aromatic rings. The highest BCUT2D eigenvalue weighted by Gasteiger charge is 2.12. The number of hydrogen-bond donors (Lipinski definition) is 3. The van der Waals surface area contributed by atoms with Crippen LogP contribution in [0.5, 0.6) is 11.5 Å². The van der Waals surface area contributed by atoms with E-state index in [9.17, 15) is 4.79 Å². The van der Waals surface area contributed by atoms with Crippen LogP contribution in [0.2, 0.25) is 5.02 Å². The average molecular weight is 403 g/mol. The molecule has 28 heavy (non-hydrogen) atoms. The maximum atomic E-state index is 12.1. The maximum Gasteiger partial charge on any atom is 0.252 e. The third-order valence-corrected chi connectivity index (χ3v) is 4.38. The topological polar surface area (TPSA) is 84.0 Å². The maximum absolute atomic E-state index is 12.1. The summed E-state index contributed by atoms with van der Waals surface area (Å²) in [5.74, 6) is 1.83. The van der Waals surface area contributed by atoms with Crippen LogP contribution in [0.15, 0.2) is 47.5 Å². The Morgan fingerprint density at radius 2 is 1.82 bits per heavy atom. The molecule has 3 N–H and O–H groups in total. The number of fused-ring (bicyclic) bond motifs is 1. The number of ether oxygens (including phenoxy) is 2. The van der Waals surface area contributed by atoms with Crippen molar-refractivity contribution in [3.8, 4) is 11.5 Å². The van der Waals surface area contributed by atoms with Gasteiger partial charge in [-0.1, -0.05) is 23.7 Å². The van der Waals surface area contributed by atoms with Crippen molar-refractivity contribution in [1.29, 1.82) is 0 Å². The molecule has 0 fully saturated rings. The van der Waals surface area contributed by atoms with Crippen molar-refractivity contribution in [3.63, 3.8) is 0 Å². The van der Waals surface area contributed by atoms with Gasteiger partial charge in [-0.05, 0) is 24.3 Å². The monoisotopic (exact) mass is 402 g/mol. The van der Waals surface area contributed by atoms with Crippen LogP contribution in [0.3, 0.4) is 0 Å². The molecular weight excluding hydrogens is 380 g/mol. The van der Waals surface area contributed by atoms with E-state index in [-0.39, 0.29) is 5.91 Å². The van der Waals surface area contributed by atoms with E-state index >= 15 is 0 Å². The molecule has 0 saturated heterocycles. The Hall–Kier alpha value is -2.93. The molecular formula is C20H23ClN4O3. The Bertz CT molecular complexity index is 857. The molecule has 8 heteroatoms. The Balaban J connectivity index is 1.48. The lowest BCUT2D eigenvalue weighted by Crippen LogP contribution is -2.37. The van der Waals surface area contributed by atoms with Gasteiger partial charge in [-0.25, -0.2) is 0 Å². The van der Waals surface area contributed by atoms with E-state index in [2.05, 4.69) is 20.9 Å². The van der Waals surface area contributed by atoms with Gasteiger partial charge in [0.05, 0.1) is 23.8 Å². The lowest BCUT2D eigenvalue weighted by atomic mass is 10.2. The fraction of sp³-hybridized carbons (Fsp3) is 0.300. The molecule has 1 heterocycles. The van der Waals surface area contributed by atoms with Crippen molar-refractivity contribution < 1.29 is 14.3 Å². The van der Waals surface area contributed by atoms with E-state index in [4.69, 9.17) is 21.1 Å². The first-order valence-electron chi connectivity index (χ1n) is 9.07. The van der Waals surface area contributed by atoms with Crippen LogP contribution >= 0.6 is 11.6 Å². The number of amides is 1. The summed E-state index contributed by atoms with van der Waals surface area (Å²) in [7, 11) is 1.68. The van der Waals surface area contributed by atoms with E-state index in [0.717, 1.165) is 17.9 Å². The summed E-state index contributed by atoms with van der Waals surface area (Å²) in [5, 5.41) is 9.60. The number of hydrogen-bond acceptors (Lipinski definition) is 4. The molecule has 2 aromatic carbocycles. The first-order valence-corrected chi connectivity index (χ1v) is 9.45. The van der Waals surface area contributed by atoms with Crippen LogP contribution in [0.1, 0.15) is 16.8 Å². The minimum absolute atomic E-state index is 0.210. The van der Waals surface area contributed by atoms with Crippen LogP contribution in [0, 0.1) is 0 Å². The number of benzene rings is 2. The van der Waals surface area contributed by atoms with E-state index < -0.39 is 0 Å². The molecule has 0 aliphatic carbocycles. The molecule has 0 atom stereocenters. The van der Waals surface area contributed by atoms with E-state index in [0.29, 0.717) is 48.6 Å². The van der Waals surface area contributed by atoms with Crippen LogP contribution in [0.25, 0.3) is 0 Å². The number of halogens is 1. The van der Waals surface area contributed by atoms with Gasteiger partial charge in [0.2, 0.25) is 0 Å². The van der Waals surface area contributed by atoms with Gasteiger partial charge in [0, 0.05) is 38.3 Å². The number of carbonyl (C=O) groups is 1. The number of nitrogens with one attached hydrogen (secondary N) is 3. The van der Waals surface area contributed by atoms with Crippen molar-refractivity contribution in [3.05, 3.63) is 53.1 Å². The number of rotatable bonds is 5. The van der Waals surface area contributed by atoms with Gasteiger partial charge in [0.15, 0.2) is 17.5 Å². The smallest absolute Gasteiger partial charge is 0.252 e. The zero-order chi connectivity index (χ0) is 19.8. The van der Waals surface area contributed by atoms with Gasteiger partial charge >= 0.3 is 0 Å². The highest BCUT2D eigenvalue weighted by Crippen LogP contribution is 2.32. The third-order valence-electron chi connectivity index (χ3n) is 4.06. The first-order chi connectivity index (χ1) is 13.7. The van der Waals surface area contributed by atoms with Crippen molar-refractivity contribution in [1.82, 2.24) is 10.6 Å². The molecule has 0 unspecified atom stereocenters. The molecule has 0 bridgehead atoms. The zero-order valence-corrected chi connectivity index (χ0v) is 16.4. The van der Waals surface area contributed by atoms with Crippen LogP contribution < -0.4 is 25.4 Å². The second kappa shape index (κ2) is 9.85. The van der Waals surface area contributed by atoms with Gasteiger partial charge in [-0.3, -0.25) is 9.79 Å². The Labute approximate surface area is 169 Å². The predicted octanol–water partition coefficient (Wildman–Crippen LogP) is 2.92. The number of guanidine groups is 1. The lowest BCUT2D eigenvalue weighted by Gasteiger charge is -2.14. The zero-order valence-electron chi connectivity index (χ0n) is 15.6. The highest BCUT2D eigenvalue weighted by atomic mass is 35.5. The standard InChI is InChI=1S/C20H23ClN4O3/c1-22-20(24-10-9-23-19(26)15-5-2-3-6-16(15)21)25-14-7-8-17-18(13-14)28-12-4-11-27-17/h2-3,5-8,13H,4,9-12H2,1H3,(H,23,26)(H2,22,24,25). The summed E-state index contributed by atoms with van der Waals surface area (Å²) in [6, 6.07) is 12.6. The molecule has 1 amide bonds. The first kappa shape index (κ1) is 19.8. The number of nitrogens with zero attached hydrogens (tertiary/aromatic N) is 1. The summed E-state index contributed by atoms with van der Waals surface area (Å²) in [6.07, 6.45) is 0.862. The normalized spacial score (nSPS) is 13.4. The molecule has 0 saturated carbocycles. The van der Waals surface area contributed by atoms with Crippen molar-refractivity contribution >= 4 is 29.2 Å². The minimum Gasteiger partial charge on any atom is -0.490 e. The number of carbonyl (C=O) groups excluding carboxylic acids is 1. The van der Waals surface area contributed by atoms with Gasteiger partial charge in [0.1, 0.15) is 0 Å². The van der Waals surface area contributed by atoms with Crippen LogP contribution in [-0.4, -0.2) is 45.2 Å². The van der Waals surface area contributed by atoms with Crippen LogP contribution in [-0.2, 0) is 0 Å². The van der Waals surface area contributed by atoms with E-state index in [1.165, 1.54) is 0 Å². The van der Waals surface area contributed by atoms with Crippen molar-refractivity contribution in [2.75, 3.05) is 38.7 Å². The highest BCUT2D eigenvalue weighted by molar-refractivity contribution is 6.33. The van der Waals surface area contributed by atoms with Gasteiger partial charge in [-0.15, -0.1) is 0 Å². The summed E-state index contributed by atoms with van der Waals surface area (Å²) in [6.45, 7) is 2.21. The fourth-order valence-corrected chi connectivity index (χ4v) is 2.88. The Morgan fingerprint density at radius 1 is 1.07 bits per heavy atom. The number of aliphatic imine (C=N–C) groups is 1. The number of anilines is 1. The Morgan fingerprint density at radius 3 is 2.61 bits per heavy atom. The summed E-state index contributed by atoms with van der Waals surface area (Å²) in [5.41, 5.74) is 1.29. The summed E-state index contributed by atoms with van der Waals surface area (Å²) >= 11 is 6.03. The molecule has 3 rings (SSSR count). The minimum atomic E-state index is -0.210. The largest absolute Gasteiger partial charge is 0.490 e. The van der Waals surface area contributed by atoms with Gasteiger partial charge in [-0.2, -0.15) is 0 Å². The van der Waals surface area contributed by atoms with Crippen molar-refractivity contribution in [2.24, 2.45) is 4.99 Å². The molecule has 1 aliphatic heterocycles.